The van der Waals surface area contributed by atoms with Crippen molar-refractivity contribution in [3.63, 3.8) is 0 Å². The van der Waals surface area contributed by atoms with Crippen molar-refractivity contribution >= 4 is 0 Å². The molecule has 0 aliphatic carbocycles. The van der Waals surface area contributed by atoms with Gasteiger partial charge in [-0.05, 0) is 30.5 Å². The first-order valence-electron chi connectivity index (χ1n) is 4.95. The van der Waals surface area contributed by atoms with Crippen LogP contribution in [0.5, 0.6) is 0 Å². The zero-order valence-corrected chi connectivity index (χ0v) is 8.67. The maximum Gasteiger partial charge on any atom is 0.0224 e. The molecule has 0 unspecified atom stereocenters. The Morgan fingerprint density at radius 2 is 1.79 bits per heavy atom. The lowest BCUT2D eigenvalue weighted by Crippen LogP contribution is -1.90. The Kier molecular flexibility index (Phi) is 2.40. The van der Waals surface area contributed by atoms with E-state index in [1.807, 2.05) is 0 Å². The summed E-state index contributed by atoms with van der Waals surface area (Å²) < 4.78 is 0. The SMILES string of the molecule is Cc1c[nH]c(Cc2ccccc2)c1C. The number of benzene rings is 1. The fraction of sp³-hybridized carbons (Fsp3) is 0.231. The zero-order chi connectivity index (χ0) is 9.97. The van der Waals surface area contributed by atoms with Gasteiger partial charge in [0.05, 0.1) is 0 Å². The molecule has 0 fully saturated rings. The first-order valence-corrected chi connectivity index (χ1v) is 4.95. The summed E-state index contributed by atoms with van der Waals surface area (Å²) in [6.45, 7) is 4.31. The maximum absolute atomic E-state index is 3.32. The van der Waals surface area contributed by atoms with Crippen LogP contribution in [0.2, 0.25) is 0 Å². The second kappa shape index (κ2) is 3.70. The van der Waals surface area contributed by atoms with Crippen LogP contribution < -0.4 is 0 Å². The summed E-state index contributed by atoms with van der Waals surface area (Å²) in [4.78, 5) is 3.32. The Labute approximate surface area is 84.8 Å². The summed E-state index contributed by atoms with van der Waals surface area (Å²) in [5, 5.41) is 0. The summed E-state index contributed by atoms with van der Waals surface area (Å²) in [6.07, 6.45) is 3.08. The Balaban J connectivity index is 2.23. The van der Waals surface area contributed by atoms with Crippen LogP contribution in [0.1, 0.15) is 22.4 Å². The summed E-state index contributed by atoms with van der Waals surface area (Å²) in [6, 6.07) is 10.5. The molecule has 0 aliphatic heterocycles. The minimum Gasteiger partial charge on any atom is -0.364 e. The Hall–Kier alpha value is -1.50. The highest BCUT2D eigenvalue weighted by molar-refractivity contribution is 5.32. The highest BCUT2D eigenvalue weighted by atomic mass is 14.7. The van der Waals surface area contributed by atoms with Crippen LogP contribution in [0.3, 0.4) is 0 Å². The molecule has 1 aromatic carbocycles. The van der Waals surface area contributed by atoms with E-state index < -0.39 is 0 Å². The average Bonchev–Trinajstić information content (AvgIpc) is 2.52. The fourth-order valence-electron chi connectivity index (χ4n) is 1.63. The number of H-pyrrole nitrogens is 1. The number of hydrogen-bond donors (Lipinski definition) is 1. The number of aromatic amines is 1. The number of rotatable bonds is 2. The molecule has 1 aromatic heterocycles. The molecule has 1 heterocycles. The van der Waals surface area contributed by atoms with Gasteiger partial charge in [0.25, 0.3) is 0 Å². The van der Waals surface area contributed by atoms with E-state index in [2.05, 4.69) is 55.4 Å². The van der Waals surface area contributed by atoms with Crippen molar-refractivity contribution in [2.24, 2.45) is 0 Å². The number of aryl methyl sites for hydroxylation is 1. The minimum absolute atomic E-state index is 1.00. The monoisotopic (exact) mass is 185 g/mol. The molecular weight excluding hydrogens is 170 g/mol. The molecular formula is C13H15N. The number of hydrogen-bond acceptors (Lipinski definition) is 0. The first-order chi connectivity index (χ1) is 6.77. The van der Waals surface area contributed by atoms with Crippen molar-refractivity contribution in [1.29, 1.82) is 0 Å². The van der Waals surface area contributed by atoms with Crippen LogP contribution in [0, 0.1) is 13.8 Å². The molecule has 0 aliphatic rings. The van der Waals surface area contributed by atoms with Crippen LogP contribution in [0.4, 0.5) is 0 Å². The molecule has 0 saturated heterocycles. The van der Waals surface area contributed by atoms with Gasteiger partial charge in [-0.1, -0.05) is 30.3 Å². The first kappa shape index (κ1) is 9.07. The molecule has 72 valence electrons. The van der Waals surface area contributed by atoms with E-state index in [0.717, 1.165) is 6.42 Å². The molecule has 0 amide bonds. The molecule has 0 saturated carbocycles. The predicted octanol–water partition coefficient (Wildman–Crippen LogP) is 3.22. The zero-order valence-electron chi connectivity index (χ0n) is 8.67. The Morgan fingerprint density at radius 1 is 1.07 bits per heavy atom. The van der Waals surface area contributed by atoms with Gasteiger partial charge in [0.2, 0.25) is 0 Å². The summed E-state index contributed by atoms with van der Waals surface area (Å²) >= 11 is 0. The molecule has 2 aromatic rings. The normalized spacial score (nSPS) is 10.4. The highest BCUT2D eigenvalue weighted by Gasteiger charge is 2.03. The van der Waals surface area contributed by atoms with Gasteiger partial charge >= 0.3 is 0 Å². The van der Waals surface area contributed by atoms with Crippen molar-refractivity contribution in [1.82, 2.24) is 4.98 Å². The van der Waals surface area contributed by atoms with E-state index in [-0.39, 0.29) is 0 Å². The number of aromatic nitrogens is 1. The van der Waals surface area contributed by atoms with Crippen LogP contribution in [0.15, 0.2) is 36.5 Å². The van der Waals surface area contributed by atoms with E-state index in [0.29, 0.717) is 0 Å². The van der Waals surface area contributed by atoms with Crippen molar-refractivity contribution in [3.8, 4) is 0 Å². The topological polar surface area (TPSA) is 15.8 Å². The van der Waals surface area contributed by atoms with E-state index >= 15 is 0 Å². The molecule has 0 radical (unpaired) electrons. The molecule has 0 spiro atoms. The lowest BCUT2D eigenvalue weighted by molar-refractivity contribution is 1.08. The third-order valence-corrected chi connectivity index (χ3v) is 2.73. The van der Waals surface area contributed by atoms with Crippen molar-refractivity contribution in [3.05, 3.63) is 58.9 Å². The van der Waals surface area contributed by atoms with Gasteiger partial charge in [0, 0.05) is 18.3 Å². The second-order valence-corrected chi connectivity index (χ2v) is 3.74. The minimum atomic E-state index is 1.00. The van der Waals surface area contributed by atoms with Crippen LogP contribution in [0.25, 0.3) is 0 Å². The molecule has 1 N–H and O–H groups in total. The fourth-order valence-corrected chi connectivity index (χ4v) is 1.63. The third kappa shape index (κ3) is 1.72. The lowest BCUT2D eigenvalue weighted by atomic mass is 10.1. The van der Waals surface area contributed by atoms with Crippen molar-refractivity contribution < 1.29 is 0 Å². The van der Waals surface area contributed by atoms with E-state index in [1.165, 1.54) is 22.4 Å². The van der Waals surface area contributed by atoms with Gasteiger partial charge in [0.15, 0.2) is 0 Å². The predicted molar refractivity (Wildman–Crippen MR) is 59.5 cm³/mol. The lowest BCUT2D eigenvalue weighted by Gasteiger charge is -2.00. The van der Waals surface area contributed by atoms with Gasteiger partial charge in [-0.3, -0.25) is 0 Å². The molecule has 2 rings (SSSR count). The van der Waals surface area contributed by atoms with Gasteiger partial charge in [-0.25, -0.2) is 0 Å². The van der Waals surface area contributed by atoms with Gasteiger partial charge < -0.3 is 4.98 Å². The largest absolute Gasteiger partial charge is 0.364 e. The van der Waals surface area contributed by atoms with Gasteiger partial charge in [-0.15, -0.1) is 0 Å². The van der Waals surface area contributed by atoms with Crippen molar-refractivity contribution in [2.75, 3.05) is 0 Å². The highest BCUT2D eigenvalue weighted by Crippen LogP contribution is 2.15. The van der Waals surface area contributed by atoms with Gasteiger partial charge in [0.1, 0.15) is 0 Å². The van der Waals surface area contributed by atoms with Crippen molar-refractivity contribution in [2.45, 2.75) is 20.3 Å². The molecule has 14 heavy (non-hydrogen) atoms. The Bertz CT molecular complexity index is 412. The van der Waals surface area contributed by atoms with Crippen LogP contribution in [-0.4, -0.2) is 4.98 Å². The van der Waals surface area contributed by atoms with Gasteiger partial charge in [-0.2, -0.15) is 0 Å². The molecule has 0 atom stereocenters. The van der Waals surface area contributed by atoms with E-state index in [9.17, 15) is 0 Å². The Morgan fingerprint density at radius 3 is 2.36 bits per heavy atom. The standard InChI is InChI=1S/C13H15N/c1-10-9-14-13(11(10)2)8-12-6-4-3-5-7-12/h3-7,9,14H,8H2,1-2H3. The summed E-state index contributed by atoms with van der Waals surface area (Å²) in [5.74, 6) is 0. The quantitative estimate of drug-likeness (QED) is 0.739. The summed E-state index contributed by atoms with van der Waals surface area (Å²) in [7, 11) is 0. The van der Waals surface area contributed by atoms with Crippen LogP contribution in [-0.2, 0) is 6.42 Å². The molecule has 0 bridgehead atoms. The third-order valence-electron chi connectivity index (χ3n) is 2.73. The van der Waals surface area contributed by atoms with E-state index in [1.54, 1.807) is 0 Å². The maximum atomic E-state index is 3.32. The average molecular weight is 185 g/mol. The smallest absolute Gasteiger partial charge is 0.0224 e. The van der Waals surface area contributed by atoms with Crippen LogP contribution >= 0.6 is 0 Å². The molecule has 1 nitrogen and oxygen atoms in total. The second-order valence-electron chi connectivity index (χ2n) is 3.74. The number of nitrogens with one attached hydrogen (secondary N) is 1. The molecule has 1 heteroatoms. The van der Waals surface area contributed by atoms with E-state index in [4.69, 9.17) is 0 Å². The summed E-state index contributed by atoms with van der Waals surface area (Å²) in [5.41, 5.74) is 5.41.